The summed E-state index contributed by atoms with van der Waals surface area (Å²) in [5, 5.41) is 0. The fraction of sp³-hybridized carbons (Fsp3) is 0.600. The quantitative estimate of drug-likeness (QED) is 0.315. The maximum absolute atomic E-state index is 10.2. The van der Waals surface area contributed by atoms with Crippen molar-refractivity contribution in [3.8, 4) is 0 Å². The van der Waals surface area contributed by atoms with Gasteiger partial charge in [-0.25, -0.2) is 0 Å². The molecule has 0 N–H and O–H groups in total. The van der Waals surface area contributed by atoms with E-state index in [2.05, 4.69) is 4.74 Å². The third kappa shape index (κ3) is 8.40. The number of hydrogen-bond acceptors (Lipinski definition) is 3. The fourth-order valence-corrected chi connectivity index (χ4v) is 0.275. The largest absolute Gasteiger partial charge is 0.469 e. The van der Waals surface area contributed by atoms with Crippen LogP contribution in [-0.2, 0) is 14.3 Å². The molecule has 0 aliphatic carbocycles. The van der Waals surface area contributed by atoms with Crippen LogP contribution in [0, 0.1) is 0 Å². The minimum absolute atomic E-state index is 0. The van der Waals surface area contributed by atoms with Gasteiger partial charge in [-0.05, 0) is 6.92 Å². The number of hydrogen-bond donors (Lipinski definition) is 0. The van der Waals surface area contributed by atoms with Gasteiger partial charge in [0.15, 0.2) is 0 Å². The topological polar surface area (TPSA) is 43.4 Å². The zero-order chi connectivity index (χ0) is 6.57. The van der Waals surface area contributed by atoms with E-state index in [0.717, 1.165) is 0 Å². The van der Waals surface area contributed by atoms with Crippen molar-refractivity contribution in [1.82, 2.24) is 0 Å². The summed E-state index contributed by atoms with van der Waals surface area (Å²) in [5.74, 6) is -0.644. The van der Waals surface area contributed by atoms with Crippen LogP contribution >= 0.6 is 0 Å². The number of Topliss-reactive ketones (excluding diaryl/α,β-unsaturated/α-hetero) is 1. The van der Waals surface area contributed by atoms with Gasteiger partial charge in [0.25, 0.3) is 0 Å². The SMILES string of the molecule is COC(=O)CC(C)=O.[Ca]. The smallest absolute Gasteiger partial charge is 0.313 e. The van der Waals surface area contributed by atoms with Gasteiger partial charge in [0.2, 0.25) is 0 Å². The van der Waals surface area contributed by atoms with E-state index >= 15 is 0 Å². The van der Waals surface area contributed by atoms with Gasteiger partial charge in [-0.1, -0.05) is 0 Å². The van der Waals surface area contributed by atoms with Gasteiger partial charge in [0.05, 0.1) is 7.11 Å². The molecular formula is C5H8CaO3. The number of carbonyl (C=O) groups excluding carboxylic acids is 2. The van der Waals surface area contributed by atoms with Crippen LogP contribution in [-0.4, -0.2) is 56.6 Å². The Morgan fingerprint density at radius 2 is 1.89 bits per heavy atom. The van der Waals surface area contributed by atoms with Crippen LogP contribution in [0.2, 0.25) is 0 Å². The second kappa shape index (κ2) is 6.52. The van der Waals surface area contributed by atoms with Gasteiger partial charge >= 0.3 is 5.97 Å². The molecule has 4 heteroatoms. The summed E-state index contributed by atoms with van der Waals surface area (Å²) in [6, 6.07) is 0. The van der Waals surface area contributed by atoms with Crippen molar-refractivity contribution < 1.29 is 14.3 Å². The minimum Gasteiger partial charge on any atom is -0.469 e. The van der Waals surface area contributed by atoms with Crippen LogP contribution in [0.1, 0.15) is 13.3 Å². The molecule has 0 aliphatic heterocycles. The van der Waals surface area contributed by atoms with Crippen molar-refractivity contribution in [2.24, 2.45) is 0 Å². The Hall–Kier alpha value is 0.400. The number of esters is 1. The molecule has 0 fully saturated rings. The number of ether oxygens (including phenoxy) is 1. The van der Waals surface area contributed by atoms with Crippen molar-refractivity contribution in [3.05, 3.63) is 0 Å². The van der Waals surface area contributed by atoms with E-state index in [1.807, 2.05) is 0 Å². The molecule has 3 nitrogen and oxygen atoms in total. The Morgan fingerprint density at radius 1 is 1.44 bits per heavy atom. The molecule has 0 saturated heterocycles. The predicted octanol–water partition coefficient (Wildman–Crippen LogP) is -0.242. The zero-order valence-corrected chi connectivity index (χ0v) is 7.85. The first-order valence-corrected chi connectivity index (χ1v) is 2.23. The Kier molecular flexibility index (Phi) is 8.77. The first kappa shape index (κ1) is 12.1. The summed E-state index contributed by atoms with van der Waals surface area (Å²) in [4.78, 5) is 20.3. The van der Waals surface area contributed by atoms with Gasteiger partial charge in [-0.2, -0.15) is 0 Å². The molecule has 0 heterocycles. The Balaban J connectivity index is 0. The van der Waals surface area contributed by atoms with E-state index < -0.39 is 5.97 Å². The van der Waals surface area contributed by atoms with E-state index in [9.17, 15) is 9.59 Å². The summed E-state index contributed by atoms with van der Waals surface area (Å²) >= 11 is 0. The van der Waals surface area contributed by atoms with Crippen LogP contribution in [0.4, 0.5) is 0 Å². The number of ketones is 1. The van der Waals surface area contributed by atoms with E-state index in [0.29, 0.717) is 0 Å². The van der Waals surface area contributed by atoms with E-state index in [1.54, 1.807) is 0 Å². The zero-order valence-electron chi connectivity index (χ0n) is 5.64. The molecule has 0 amide bonds. The average Bonchev–Trinajstić information content (AvgIpc) is 1.65. The summed E-state index contributed by atoms with van der Waals surface area (Å²) in [7, 11) is 1.26. The molecule has 0 bridgehead atoms. The number of carbonyl (C=O) groups is 2. The van der Waals surface area contributed by atoms with Gasteiger partial charge in [-0.15, -0.1) is 0 Å². The molecule has 0 unspecified atom stereocenters. The van der Waals surface area contributed by atoms with Crippen molar-refractivity contribution in [2.45, 2.75) is 13.3 Å². The molecule has 0 aromatic carbocycles. The first-order valence-electron chi connectivity index (χ1n) is 2.23. The molecule has 9 heavy (non-hydrogen) atoms. The third-order valence-electron chi connectivity index (χ3n) is 0.621. The summed E-state index contributed by atoms with van der Waals surface area (Å²) in [6.07, 6.45) is -0.115. The van der Waals surface area contributed by atoms with Gasteiger partial charge in [-0.3, -0.25) is 9.59 Å². The number of rotatable bonds is 2. The van der Waals surface area contributed by atoms with Crippen LogP contribution in [0.3, 0.4) is 0 Å². The van der Waals surface area contributed by atoms with E-state index in [-0.39, 0.29) is 49.9 Å². The Bertz CT molecular complexity index is 111. The van der Waals surface area contributed by atoms with Crippen LogP contribution < -0.4 is 0 Å². The molecule has 0 atom stereocenters. The maximum atomic E-state index is 10.2. The van der Waals surface area contributed by atoms with Crippen molar-refractivity contribution in [1.29, 1.82) is 0 Å². The van der Waals surface area contributed by atoms with E-state index in [1.165, 1.54) is 14.0 Å². The molecular weight excluding hydrogens is 148 g/mol. The fourth-order valence-electron chi connectivity index (χ4n) is 0.275. The second-order valence-corrected chi connectivity index (χ2v) is 1.45. The molecule has 0 aromatic heterocycles. The summed E-state index contributed by atoms with van der Waals surface area (Å²) in [6.45, 7) is 1.34. The van der Waals surface area contributed by atoms with E-state index in [4.69, 9.17) is 0 Å². The predicted molar refractivity (Wildman–Crippen MR) is 33.1 cm³/mol. The summed E-state index contributed by atoms with van der Waals surface area (Å²) in [5.41, 5.74) is 0. The van der Waals surface area contributed by atoms with Crippen molar-refractivity contribution in [2.75, 3.05) is 7.11 Å². The van der Waals surface area contributed by atoms with Crippen molar-refractivity contribution >= 4 is 49.5 Å². The Morgan fingerprint density at radius 3 is 2.00 bits per heavy atom. The van der Waals surface area contributed by atoms with Gasteiger partial charge in [0.1, 0.15) is 12.2 Å². The van der Waals surface area contributed by atoms with Crippen molar-refractivity contribution in [3.63, 3.8) is 0 Å². The van der Waals surface area contributed by atoms with Gasteiger partial charge < -0.3 is 4.74 Å². The number of methoxy groups -OCH3 is 1. The third-order valence-corrected chi connectivity index (χ3v) is 0.621. The van der Waals surface area contributed by atoms with Gasteiger partial charge in [0, 0.05) is 37.7 Å². The first-order chi connectivity index (χ1) is 3.66. The molecule has 0 rings (SSSR count). The molecule has 0 aromatic rings. The average molecular weight is 156 g/mol. The second-order valence-electron chi connectivity index (χ2n) is 1.45. The molecule has 0 saturated carbocycles. The molecule has 0 spiro atoms. The monoisotopic (exact) mass is 156 g/mol. The van der Waals surface area contributed by atoms with Crippen LogP contribution in [0.15, 0.2) is 0 Å². The molecule has 48 valence electrons. The Labute approximate surface area is 83.8 Å². The minimum atomic E-state index is -0.475. The van der Waals surface area contributed by atoms with Crippen LogP contribution in [0.25, 0.3) is 0 Å². The molecule has 0 aliphatic rings. The maximum Gasteiger partial charge on any atom is 0.313 e. The summed E-state index contributed by atoms with van der Waals surface area (Å²) < 4.78 is 4.20. The van der Waals surface area contributed by atoms with Crippen LogP contribution in [0.5, 0.6) is 0 Å². The normalized spacial score (nSPS) is 7.33. The molecule has 2 radical (unpaired) electrons. The standard InChI is InChI=1S/C5H8O3.Ca/c1-4(6)3-5(7)8-2;/h3H2,1-2H3;.